The van der Waals surface area contributed by atoms with Crippen LogP contribution in [0.3, 0.4) is 0 Å². The summed E-state index contributed by atoms with van der Waals surface area (Å²) in [5.74, 6) is 0.846. The summed E-state index contributed by atoms with van der Waals surface area (Å²) in [4.78, 5) is 0. The third-order valence-corrected chi connectivity index (χ3v) is 3.85. The maximum absolute atomic E-state index is 6.38. The quantitative estimate of drug-likeness (QED) is 0.422. The van der Waals surface area contributed by atoms with Gasteiger partial charge in [-0.25, -0.2) is 0 Å². The molecule has 4 aromatic rings. The van der Waals surface area contributed by atoms with Crippen LogP contribution in [0.2, 0.25) is 5.02 Å². The van der Waals surface area contributed by atoms with Gasteiger partial charge in [0.15, 0.2) is 0 Å². The van der Waals surface area contributed by atoms with Gasteiger partial charge < -0.3 is 4.42 Å². The van der Waals surface area contributed by atoms with Crippen molar-refractivity contribution in [3.8, 4) is 11.3 Å². The Morgan fingerprint density at radius 1 is 0.750 bits per heavy atom. The second-order valence-corrected chi connectivity index (χ2v) is 5.21. The van der Waals surface area contributed by atoms with Crippen molar-refractivity contribution in [2.45, 2.75) is 0 Å². The average Bonchev–Trinajstić information content (AvgIpc) is 2.94. The molecule has 0 amide bonds. The SMILES string of the molecule is Clc1cc2ccccc2c2oc(-c3ccccc3)cc12. The molecule has 0 spiro atoms. The predicted octanol–water partition coefficient (Wildman–Crippen LogP) is 5.91. The Bertz CT molecular complexity index is 907. The molecule has 2 heteroatoms. The molecule has 0 bridgehead atoms. The highest BCUT2D eigenvalue weighted by Crippen LogP contribution is 2.37. The molecule has 0 aliphatic carbocycles. The highest BCUT2D eigenvalue weighted by Gasteiger charge is 2.12. The van der Waals surface area contributed by atoms with Crippen LogP contribution in [0, 0.1) is 0 Å². The molecule has 3 aromatic carbocycles. The van der Waals surface area contributed by atoms with Crippen LogP contribution in [-0.2, 0) is 0 Å². The van der Waals surface area contributed by atoms with Gasteiger partial charge in [0, 0.05) is 16.3 Å². The van der Waals surface area contributed by atoms with Crippen molar-refractivity contribution in [3.63, 3.8) is 0 Å². The van der Waals surface area contributed by atoms with Crippen LogP contribution in [0.4, 0.5) is 0 Å². The van der Waals surface area contributed by atoms with Crippen molar-refractivity contribution in [2.75, 3.05) is 0 Å². The molecular weight excluding hydrogens is 268 g/mol. The molecule has 4 rings (SSSR count). The van der Waals surface area contributed by atoms with Gasteiger partial charge in [-0.05, 0) is 17.5 Å². The van der Waals surface area contributed by atoms with E-state index < -0.39 is 0 Å². The predicted molar refractivity (Wildman–Crippen MR) is 84.2 cm³/mol. The zero-order valence-electron chi connectivity index (χ0n) is 10.6. The first kappa shape index (κ1) is 11.6. The molecule has 0 atom stereocenters. The Balaban J connectivity index is 2.08. The van der Waals surface area contributed by atoms with E-state index in [-0.39, 0.29) is 0 Å². The highest BCUT2D eigenvalue weighted by atomic mass is 35.5. The number of halogens is 1. The number of furan rings is 1. The van der Waals surface area contributed by atoms with Crippen molar-refractivity contribution in [3.05, 3.63) is 71.8 Å². The summed E-state index contributed by atoms with van der Waals surface area (Å²) in [5.41, 5.74) is 1.91. The molecule has 0 aliphatic heterocycles. The summed E-state index contributed by atoms with van der Waals surface area (Å²) in [7, 11) is 0. The number of fused-ring (bicyclic) bond motifs is 3. The Hall–Kier alpha value is -2.25. The zero-order chi connectivity index (χ0) is 13.5. The van der Waals surface area contributed by atoms with Crippen LogP contribution in [0.5, 0.6) is 0 Å². The van der Waals surface area contributed by atoms with Gasteiger partial charge >= 0.3 is 0 Å². The molecule has 0 saturated heterocycles. The molecule has 1 aromatic heterocycles. The lowest BCUT2D eigenvalue weighted by Crippen LogP contribution is -1.74. The minimum atomic E-state index is 0.727. The van der Waals surface area contributed by atoms with E-state index in [0.717, 1.165) is 38.1 Å². The molecular formula is C18H11ClO. The van der Waals surface area contributed by atoms with Gasteiger partial charge in [0.2, 0.25) is 0 Å². The Morgan fingerprint density at radius 3 is 2.35 bits per heavy atom. The summed E-state index contributed by atoms with van der Waals surface area (Å²) in [5, 5.41) is 3.88. The van der Waals surface area contributed by atoms with Gasteiger partial charge in [0.1, 0.15) is 11.3 Å². The molecule has 20 heavy (non-hydrogen) atoms. The summed E-state index contributed by atoms with van der Waals surface area (Å²) in [6.45, 7) is 0. The lowest BCUT2D eigenvalue weighted by atomic mass is 10.1. The van der Waals surface area contributed by atoms with Crippen LogP contribution < -0.4 is 0 Å². The summed E-state index contributed by atoms with van der Waals surface area (Å²) >= 11 is 6.38. The summed E-state index contributed by atoms with van der Waals surface area (Å²) in [6, 6.07) is 22.2. The Morgan fingerprint density at radius 2 is 1.50 bits per heavy atom. The Labute approximate surface area is 121 Å². The van der Waals surface area contributed by atoms with Crippen LogP contribution >= 0.6 is 11.6 Å². The van der Waals surface area contributed by atoms with Crippen LogP contribution in [-0.4, -0.2) is 0 Å². The van der Waals surface area contributed by atoms with E-state index >= 15 is 0 Å². The standard InChI is InChI=1S/C18H11ClO/c19-16-10-13-8-4-5-9-14(13)18-15(16)11-17(20-18)12-6-2-1-3-7-12/h1-11H. The van der Waals surface area contributed by atoms with Crippen LogP contribution in [0.15, 0.2) is 71.1 Å². The van der Waals surface area contributed by atoms with Crippen LogP contribution in [0.1, 0.15) is 0 Å². The molecule has 0 radical (unpaired) electrons. The minimum Gasteiger partial charge on any atom is -0.455 e. The first-order chi connectivity index (χ1) is 9.83. The third-order valence-electron chi connectivity index (χ3n) is 3.54. The fourth-order valence-corrected chi connectivity index (χ4v) is 2.82. The van der Waals surface area contributed by atoms with E-state index in [9.17, 15) is 0 Å². The summed E-state index contributed by atoms with van der Waals surface area (Å²) in [6.07, 6.45) is 0. The fourth-order valence-electron chi connectivity index (χ4n) is 2.56. The van der Waals surface area contributed by atoms with Crippen molar-refractivity contribution in [1.29, 1.82) is 0 Å². The maximum Gasteiger partial charge on any atom is 0.144 e. The summed E-state index contributed by atoms with van der Waals surface area (Å²) < 4.78 is 6.06. The molecule has 0 saturated carbocycles. The molecule has 1 nitrogen and oxygen atoms in total. The molecule has 0 aliphatic rings. The zero-order valence-corrected chi connectivity index (χ0v) is 11.4. The number of benzene rings is 3. The van der Waals surface area contributed by atoms with Crippen LogP contribution in [0.25, 0.3) is 33.1 Å². The second-order valence-electron chi connectivity index (χ2n) is 4.80. The number of rotatable bonds is 1. The average molecular weight is 279 g/mol. The Kier molecular flexibility index (Phi) is 2.54. The van der Waals surface area contributed by atoms with E-state index in [2.05, 4.69) is 6.07 Å². The van der Waals surface area contributed by atoms with Gasteiger partial charge in [-0.2, -0.15) is 0 Å². The van der Waals surface area contributed by atoms with Crippen molar-refractivity contribution < 1.29 is 4.42 Å². The lowest BCUT2D eigenvalue weighted by molar-refractivity contribution is 0.635. The second kappa shape index (κ2) is 4.39. The molecule has 0 N–H and O–H groups in total. The van der Waals surface area contributed by atoms with Gasteiger partial charge in [-0.3, -0.25) is 0 Å². The number of hydrogen-bond donors (Lipinski definition) is 0. The maximum atomic E-state index is 6.38. The minimum absolute atomic E-state index is 0.727. The largest absolute Gasteiger partial charge is 0.455 e. The first-order valence-electron chi connectivity index (χ1n) is 6.49. The normalized spacial score (nSPS) is 11.2. The molecule has 1 heterocycles. The molecule has 0 unspecified atom stereocenters. The van der Waals surface area contributed by atoms with Gasteiger partial charge in [0.05, 0.1) is 5.02 Å². The van der Waals surface area contributed by atoms with E-state index in [4.69, 9.17) is 16.0 Å². The van der Waals surface area contributed by atoms with Gasteiger partial charge in [0.25, 0.3) is 0 Å². The van der Waals surface area contributed by atoms with Crippen molar-refractivity contribution >= 4 is 33.3 Å². The number of hydrogen-bond acceptors (Lipinski definition) is 1. The topological polar surface area (TPSA) is 13.1 Å². The van der Waals surface area contributed by atoms with E-state index in [1.54, 1.807) is 0 Å². The first-order valence-corrected chi connectivity index (χ1v) is 6.87. The molecule has 0 fully saturated rings. The van der Waals surface area contributed by atoms with E-state index in [0.29, 0.717) is 0 Å². The van der Waals surface area contributed by atoms with Crippen molar-refractivity contribution in [1.82, 2.24) is 0 Å². The highest BCUT2D eigenvalue weighted by molar-refractivity contribution is 6.37. The van der Waals surface area contributed by atoms with Gasteiger partial charge in [-0.15, -0.1) is 0 Å². The van der Waals surface area contributed by atoms with E-state index in [1.165, 1.54) is 0 Å². The monoisotopic (exact) mass is 278 g/mol. The lowest BCUT2D eigenvalue weighted by Gasteiger charge is -2.00. The smallest absolute Gasteiger partial charge is 0.144 e. The van der Waals surface area contributed by atoms with E-state index in [1.807, 2.05) is 60.7 Å². The van der Waals surface area contributed by atoms with Crippen molar-refractivity contribution in [2.24, 2.45) is 0 Å². The fraction of sp³-hybridized carbons (Fsp3) is 0. The van der Waals surface area contributed by atoms with Gasteiger partial charge in [-0.1, -0.05) is 66.2 Å². The third kappa shape index (κ3) is 1.71. The molecule has 96 valence electrons.